The highest BCUT2D eigenvalue weighted by Crippen LogP contribution is 2.30. The van der Waals surface area contributed by atoms with E-state index >= 15 is 0 Å². The van der Waals surface area contributed by atoms with Crippen LogP contribution in [0.25, 0.3) is 11.4 Å². The largest absolute Gasteiger partial charge is 0.496 e. The highest BCUT2D eigenvalue weighted by molar-refractivity contribution is 9.10. The van der Waals surface area contributed by atoms with Crippen molar-refractivity contribution in [1.82, 2.24) is 15.2 Å². The first-order valence-electron chi connectivity index (χ1n) is 4.71. The van der Waals surface area contributed by atoms with Gasteiger partial charge in [0.2, 0.25) is 0 Å². The van der Waals surface area contributed by atoms with Gasteiger partial charge in [0.25, 0.3) is 15.2 Å². The van der Waals surface area contributed by atoms with Crippen molar-refractivity contribution >= 4 is 26.0 Å². The fraction of sp³-hybridized carbons (Fsp3) is 0.111. The Morgan fingerprint density at radius 3 is 2.72 bits per heavy atom. The van der Waals surface area contributed by atoms with Crippen molar-refractivity contribution in [2.24, 2.45) is 5.14 Å². The molecule has 96 valence electrons. The SMILES string of the molecule is COc1cc(Br)ccc1-c1n[nH]c(S(N)(=O)=O)n1. The van der Waals surface area contributed by atoms with Gasteiger partial charge in [-0.1, -0.05) is 15.9 Å². The fourth-order valence-corrected chi connectivity index (χ4v) is 2.07. The fourth-order valence-electron chi connectivity index (χ4n) is 1.34. The Balaban J connectivity index is 2.53. The Morgan fingerprint density at radius 1 is 1.44 bits per heavy atom. The number of aromatic nitrogens is 3. The van der Waals surface area contributed by atoms with Gasteiger partial charge in [-0.15, -0.1) is 0 Å². The standard InChI is InChI=1S/C9H9BrN4O3S/c1-17-7-4-5(10)2-3-6(7)8-12-9(14-13-8)18(11,15)16/h2-4H,1H3,(H2,11,15,16)(H,12,13,14). The number of hydrogen-bond acceptors (Lipinski definition) is 5. The first kappa shape index (κ1) is 13.0. The second-order valence-corrected chi connectivity index (χ2v) is 5.75. The molecular formula is C9H9BrN4O3S. The first-order valence-corrected chi connectivity index (χ1v) is 7.05. The number of H-pyrrole nitrogens is 1. The minimum atomic E-state index is -3.90. The molecular weight excluding hydrogens is 324 g/mol. The van der Waals surface area contributed by atoms with Gasteiger partial charge in [0.05, 0.1) is 12.7 Å². The van der Waals surface area contributed by atoms with Crippen molar-refractivity contribution in [3.05, 3.63) is 22.7 Å². The van der Waals surface area contributed by atoms with E-state index in [1.165, 1.54) is 7.11 Å². The highest BCUT2D eigenvalue weighted by Gasteiger charge is 2.17. The number of aromatic amines is 1. The number of benzene rings is 1. The van der Waals surface area contributed by atoms with Gasteiger partial charge < -0.3 is 4.74 Å². The van der Waals surface area contributed by atoms with Gasteiger partial charge in [-0.2, -0.15) is 10.1 Å². The predicted molar refractivity (Wildman–Crippen MR) is 67.4 cm³/mol. The number of primary sulfonamides is 1. The van der Waals surface area contributed by atoms with E-state index in [1.807, 2.05) is 0 Å². The normalized spacial score (nSPS) is 11.5. The smallest absolute Gasteiger partial charge is 0.273 e. The Morgan fingerprint density at radius 2 is 2.17 bits per heavy atom. The Hall–Kier alpha value is -1.45. The zero-order chi connectivity index (χ0) is 13.3. The summed E-state index contributed by atoms with van der Waals surface area (Å²) >= 11 is 3.30. The maximum Gasteiger partial charge on any atom is 0.273 e. The Kier molecular flexibility index (Phi) is 3.37. The zero-order valence-corrected chi connectivity index (χ0v) is 11.6. The van der Waals surface area contributed by atoms with E-state index in [1.54, 1.807) is 18.2 Å². The molecule has 2 aromatic rings. The lowest BCUT2D eigenvalue weighted by molar-refractivity contribution is 0.416. The molecule has 0 aliphatic rings. The molecule has 2 rings (SSSR count). The molecule has 7 nitrogen and oxygen atoms in total. The summed E-state index contributed by atoms with van der Waals surface area (Å²) in [6.07, 6.45) is 0. The second kappa shape index (κ2) is 4.67. The first-order chi connectivity index (χ1) is 8.41. The summed E-state index contributed by atoms with van der Waals surface area (Å²) in [4.78, 5) is 3.82. The number of ether oxygens (including phenoxy) is 1. The van der Waals surface area contributed by atoms with Gasteiger partial charge in [0, 0.05) is 4.47 Å². The maximum atomic E-state index is 11.1. The Labute approximate surface area is 112 Å². The van der Waals surface area contributed by atoms with Crippen LogP contribution in [0.4, 0.5) is 0 Å². The number of methoxy groups -OCH3 is 1. The third-order valence-corrected chi connectivity index (χ3v) is 3.35. The van der Waals surface area contributed by atoms with E-state index < -0.39 is 10.0 Å². The zero-order valence-electron chi connectivity index (χ0n) is 9.21. The number of nitrogens with one attached hydrogen (secondary N) is 1. The molecule has 1 heterocycles. The molecule has 1 aromatic carbocycles. The summed E-state index contributed by atoms with van der Waals surface area (Å²) in [6.45, 7) is 0. The van der Waals surface area contributed by atoms with Crippen LogP contribution in [-0.2, 0) is 10.0 Å². The summed E-state index contributed by atoms with van der Waals surface area (Å²) in [7, 11) is -2.40. The summed E-state index contributed by atoms with van der Waals surface area (Å²) in [5.41, 5.74) is 0.562. The summed E-state index contributed by atoms with van der Waals surface area (Å²) < 4.78 is 28.2. The summed E-state index contributed by atoms with van der Waals surface area (Å²) in [5.74, 6) is 0.715. The lowest BCUT2D eigenvalue weighted by atomic mass is 10.2. The lowest BCUT2D eigenvalue weighted by Crippen LogP contribution is -2.13. The van der Waals surface area contributed by atoms with Crippen LogP contribution in [0.2, 0.25) is 0 Å². The molecule has 0 atom stereocenters. The molecule has 0 aliphatic carbocycles. The van der Waals surface area contributed by atoms with Gasteiger partial charge in [-0.25, -0.2) is 18.7 Å². The lowest BCUT2D eigenvalue weighted by Gasteiger charge is -2.05. The number of hydrogen-bond donors (Lipinski definition) is 2. The molecule has 0 amide bonds. The monoisotopic (exact) mass is 332 g/mol. The van der Waals surface area contributed by atoms with Gasteiger partial charge in [0.15, 0.2) is 5.82 Å². The Bertz CT molecular complexity index is 683. The van der Waals surface area contributed by atoms with E-state index in [-0.39, 0.29) is 11.0 Å². The van der Waals surface area contributed by atoms with Crippen molar-refractivity contribution in [2.75, 3.05) is 7.11 Å². The van der Waals surface area contributed by atoms with Crippen LogP contribution in [0, 0.1) is 0 Å². The van der Waals surface area contributed by atoms with Gasteiger partial charge in [-0.05, 0) is 18.2 Å². The minimum absolute atomic E-state index is 0.198. The molecule has 18 heavy (non-hydrogen) atoms. The molecule has 0 fully saturated rings. The van der Waals surface area contributed by atoms with Crippen LogP contribution in [0.15, 0.2) is 27.8 Å². The molecule has 0 saturated carbocycles. The van der Waals surface area contributed by atoms with Crippen LogP contribution in [0.3, 0.4) is 0 Å². The molecule has 0 unspecified atom stereocenters. The number of sulfonamides is 1. The second-order valence-electron chi connectivity index (χ2n) is 3.35. The van der Waals surface area contributed by atoms with E-state index in [9.17, 15) is 8.42 Å². The predicted octanol–water partition coefficient (Wildman–Crippen LogP) is 0.890. The van der Waals surface area contributed by atoms with Gasteiger partial charge in [0.1, 0.15) is 5.75 Å². The van der Waals surface area contributed by atoms with Gasteiger partial charge >= 0.3 is 0 Å². The number of rotatable bonds is 3. The van der Waals surface area contributed by atoms with Crippen molar-refractivity contribution in [2.45, 2.75) is 5.16 Å². The van der Waals surface area contributed by atoms with E-state index in [2.05, 4.69) is 31.1 Å². The van der Waals surface area contributed by atoms with Crippen molar-refractivity contribution in [3.63, 3.8) is 0 Å². The quantitative estimate of drug-likeness (QED) is 0.866. The van der Waals surface area contributed by atoms with Crippen molar-refractivity contribution in [3.8, 4) is 17.1 Å². The molecule has 0 spiro atoms. The molecule has 1 aromatic heterocycles. The summed E-state index contributed by atoms with van der Waals surface area (Å²) in [6, 6.07) is 5.20. The van der Waals surface area contributed by atoms with Crippen molar-refractivity contribution < 1.29 is 13.2 Å². The third kappa shape index (κ3) is 2.52. The van der Waals surface area contributed by atoms with Gasteiger partial charge in [-0.3, -0.25) is 0 Å². The number of nitrogens with zero attached hydrogens (tertiary/aromatic N) is 2. The topological polar surface area (TPSA) is 111 Å². The van der Waals surface area contributed by atoms with E-state index in [0.29, 0.717) is 11.3 Å². The average Bonchev–Trinajstić information content (AvgIpc) is 2.77. The molecule has 3 N–H and O–H groups in total. The van der Waals surface area contributed by atoms with Crippen LogP contribution in [-0.4, -0.2) is 30.7 Å². The molecule has 0 saturated heterocycles. The number of nitrogens with two attached hydrogens (primary N) is 1. The third-order valence-electron chi connectivity index (χ3n) is 2.14. The van der Waals surface area contributed by atoms with Crippen molar-refractivity contribution in [1.29, 1.82) is 0 Å². The highest BCUT2D eigenvalue weighted by atomic mass is 79.9. The van der Waals surface area contributed by atoms with Crippen LogP contribution in [0.5, 0.6) is 5.75 Å². The minimum Gasteiger partial charge on any atom is -0.496 e. The average molecular weight is 333 g/mol. The molecule has 0 aliphatic heterocycles. The van der Waals surface area contributed by atoms with E-state index in [0.717, 1.165) is 4.47 Å². The number of halogens is 1. The van der Waals surface area contributed by atoms with Crippen LogP contribution < -0.4 is 9.88 Å². The van der Waals surface area contributed by atoms with Crippen LogP contribution in [0.1, 0.15) is 0 Å². The molecule has 0 bridgehead atoms. The molecule has 0 radical (unpaired) electrons. The van der Waals surface area contributed by atoms with E-state index in [4.69, 9.17) is 9.88 Å². The molecule has 9 heteroatoms. The summed E-state index contributed by atoms with van der Waals surface area (Å²) in [5, 5.41) is 10.6. The maximum absolute atomic E-state index is 11.1. The van der Waals surface area contributed by atoms with Crippen LogP contribution >= 0.6 is 15.9 Å².